The lowest BCUT2D eigenvalue weighted by molar-refractivity contribution is -0.122. The van der Waals surface area contributed by atoms with Crippen LogP contribution in [0.25, 0.3) is 0 Å². The number of aliphatic imine (C=N–C) groups is 1. The first-order valence-electron chi connectivity index (χ1n) is 8.07. The van der Waals surface area contributed by atoms with Gasteiger partial charge in [0.15, 0.2) is 5.96 Å². The topological polar surface area (TPSA) is 91.5 Å². The smallest absolute Gasteiger partial charge is 0.223 e. The highest BCUT2D eigenvalue weighted by Gasteiger charge is 2.28. The van der Waals surface area contributed by atoms with E-state index in [0.29, 0.717) is 31.5 Å². The molecule has 128 valence electrons. The zero-order chi connectivity index (χ0) is 16.9. The molecule has 0 aliphatic heterocycles. The van der Waals surface area contributed by atoms with Crippen LogP contribution in [0.2, 0.25) is 0 Å². The summed E-state index contributed by atoms with van der Waals surface area (Å²) in [7, 11) is 1.70. The van der Waals surface area contributed by atoms with Gasteiger partial charge in [0.2, 0.25) is 11.8 Å². The lowest BCUT2D eigenvalue weighted by atomic mass is 9.94. The van der Waals surface area contributed by atoms with Gasteiger partial charge in [-0.15, -0.1) is 0 Å². The van der Waals surface area contributed by atoms with Crippen molar-refractivity contribution in [3.05, 3.63) is 17.8 Å². The van der Waals surface area contributed by atoms with E-state index in [1.807, 2.05) is 0 Å². The molecule has 23 heavy (non-hydrogen) atoms. The lowest BCUT2D eigenvalue weighted by Crippen LogP contribution is -2.41. The second-order valence-corrected chi connectivity index (χ2v) is 6.79. The van der Waals surface area contributed by atoms with Crippen molar-refractivity contribution in [2.75, 3.05) is 20.1 Å². The number of rotatable bonds is 6. The van der Waals surface area contributed by atoms with Crippen molar-refractivity contribution in [1.29, 1.82) is 0 Å². The molecule has 1 heterocycles. The van der Waals surface area contributed by atoms with E-state index in [-0.39, 0.29) is 17.2 Å². The molecule has 0 radical (unpaired) electrons. The molecule has 0 spiro atoms. The number of amides is 1. The first kappa shape index (κ1) is 17.3. The summed E-state index contributed by atoms with van der Waals surface area (Å²) in [6.45, 7) is 7.92. The van der Waals surface area contributed by atoms with Crippen LogP contribution in [0.5, 0.6) is 0 Å². The predicted octanol–water partition coefficient (Wildman–Crippen LogP) is 1.16. The van der Waals surface area contributed by atoms with Crippen LogP contribution in [-0.2, 0) is 16.8 Å². The van der Waals surface area contributed by atoms with E-state index >= 15 is 0 Å². The summed E-state index contributed by atoms with van der Waals surface area (Å²) in [5, 5.41) is 9.19. The van der Waals surface area contributed by atoms with Gasteiger partial charge in [-0.25, -0.2) is 4.98 Å². The molecule has 1 saturated carbocycles. The van der Waals surface area contributed by atoms with Crippen molar-refractivity contribution < 1.29 is 9.21 Å². The second kappa shape index (κ2) is 7.48. The maximum atomic E-state index is 11.5. The van der Waals surface area contributed by atoms with Gasteiger partial charge in [0.05, 0.1) is 12.7 Å². The second-order valence-electron chi connectivity index (χ2n) is 6.79. The number of carbonyl (C=O) groups is 1. The van der Waals surface area contributed by atoms with Crippen LogP contribution in [0.15, 0.2) is 15.6 Å². The quantitative estimate of drug-likeness (QED) is 0.415. The molecule has 1 aromatic heterocycles. The summed E-state index contributed by atoms with van der Waals surface area (Å²) in [5.41, 5.74) is -0.0507. The fraction of sp³-hybridized carbons (Fsp3) is 0.688. The molecule has 2 rings (SSSR count). The Kier molecular flexibility index (Phi) is 5.63. The average molecular weight is 321 g/mol. The maximum absolute atomic E-state index is 11.5. The third kappa shape index (κ3) is 5.58. The third-order valence-electron chi connectivity index (χ3n) is 3.59. The fourth-order valence-electron chi connectivity index (χ4n) is 1.98. The predicted molar refractivity (Wildman–Crippen MR) is 89.1 cm³/mol. The number of carbonyl (C=O) groups excluding carboxylic acids is 1. The van der Waals surface area contributed by atoms with Gasteiger partial charge in [0.1, 0.15) is 5.76 Å². The van der Waals surface area contributed by atoms with Crippen LogP contribution in [0.3, 0.4) is 0 Å². The number of nitrogens with one attached hydrogen (secondary N) is 3. The van der Waals surface area contributed by atoms with Gasteiger partial charge in [-0.1, -0.05) is 20.8 Å². The molecular weight excluding hydrogens is 294 g/mol. The minimum atomic E-state index is -0.0507. The van der Waals surface area contributed by atoms with E-state index in [9.17, 15) is 4.79 Å². The van der Waals surface area contributed by atoms with Crippen molar-refractivity contribution in [2.24, 2.45) is 10.9 Å². The molecule has 0 saturated heterocycles. The SMILES string of the molecule is CN=C(NCCNC(=O)C1CC1)NCc1ncc(C(C)(C)C)o1. The Balaban J connectivity index is 1.68. The summed E-state index contributed by atoms with van der Waals surface area (Å²) in [5.74, 6) is 2.54. The Morgan fingerprint density at radius 1 is 1.30 bits per heavy atom. The molecule has 7 heteroatoms. The number of hydrogen-bond acceptors (Lipinski definition) is 4. The fourth-order valence-corrected chi connectivity index (χ4v) is 1.98. The standard InChI is InChI=1S/C16H27N5O2/c1-16(2,3)12-9-20-13(23-12)10-21-15(17-4)19-8-7-18-14(22)11-5-6-11/h9,11H,5-8,10H2,1-4H3,(H,18,22)(H2,17,19,21). The molecule has 0 bridgehead atoms. The van der Waals surface area contributed by atoms with Crippen molar-refractivity contribution in [3.8, 4) is 0 Å². The van der Waals surface area contributed by atoms with E-state index in [1.165, 1.54) is 0 Å². The Morgan fingerprint density at radius 3 is 2.57 bits per heavy atom. The molecule has 0 atom stereocenters. The van der Waals surface area contributed by atoms with Crippen LogP contribution in [0.1, 0.15) is 45.3 Å². The summed E-state index contributed by atoms with van der Waals surface area (Å²) >= 11 is 0. The zero-order valence-corrected chi connectivity index (χ0v) is 14.4. The summed E-state index contributed by atoms with van der Waals surface area (Å²) in [4.78, 5) is 19.9. The minimum absolute atomic E-state index is 0.0507. The van der Waals surface area contributed by atoms with Crippen LogP contribution in [-0.4, -0.2) is 37.0 Å². The number of hydrogen-bond donors (Lipinski definition) is 3. The molecule has 0 aromatic carbocycles. The normalized spacial score (nSPS) is 15.4. The molecule has 1 fully saturated rings. The van der Waals surface area contributed by atoms with E-state index in [0.717, 1.165) is 18.6 Å². The molecular formula is C16H27N5O2. The van der Waals surface area contributed by atoms with Gasteiger partial charge in [0, 0.05) is 31.5 Å². The van der Waals surface area contributed by atoms with Gasteiger partial charge in [-0.05, 0) is 12.8 Å². The Labute approximate surface area is 137 Å². The molecule has 1 aliphatic carbocycles. The van der Waals surface area contributed by atoms with Crippen molar-refractivity contribution in [1.82, 2.24) is 20.9 Å². The van der Waals surface area contributed by atoms with Crippen molar-refractivity contribution in [3.63, 3.8) is 0 Å². The van der Waals surface area contributed by atoms with Crippen LogP contribution >= 0.6 is 0 Å². The first-order valence-corrected chi connectivity index (χ1v) is 8.07. The number of guanidine groups is 1. The Bertz CT molecular complexity index is 555. The molecule has 1 aliphatic rings. The van der Waals surface area contributed by atoms with E-state index in [4.69, 9.17) is 4.42 Å². The van der Waals surface area contributed by atoms with E-state index < -0.39 is 0 Å². The van der Waals surface area contributed by atoms with Gasteiger partial charge in [-0.3, -0.25) is 9.79 Å². The molecule has 7 nitrogen and oxygen atoms in total. The number of oxazole rings is 1. The number of aromatic nitrogens is 1. The molecule has 0 unspecified atom stereocenters. The van der Waals surface area contributed by atoms with Gasteiger partial charge >= 0.3 is 0 Å². The van der Waals surface area contributed by atoms with E-state index in [1.54, 1.807) is 13.2 Å². The van der Waals surface area contributed by atoms with Crippen LogP contribution < -0.4 is 16.0 Å². The summed E-state index contributed by atoms with van der Waals surface area (Å²) in [6, 6.07) is 0. The highest BCUT2D eigenvalue weighted by molar-refractivity contribution is 5.81. The van der Waals surface area contributed by atoms with Crippen molar-refractivity contribution >= 4 is 11.9 Å². The monoisotopic (exact) mass is 321 g/mol. The molecule has 1 amide bonds. The summed E-state index contributed by atoms with van der Waals surface area (Å²) in [6.07, 6.45) is 3.81. The average Bonchev–Trinajstić information content (AvgIpc) is 3.23. The highest BCUT2D eigenvalue weighted by Crippen LogP contribution is 2.28. The van der Waals surface area contributed by atoms with Crippen LogP contribution in [0, 0.1) is 5.92 Å². The molecule has 3 N–H and O–H groups in total. The van der Waals surface area contributed by atoms with Gasteiger partial charge < -0.3 is 20.4 Å². The van der Waals surface area contributed by atoms with E-state index in [2.05, 4.69) is 46.7 Å². The van der Waals surface area contributed by atoms with Crippen molar-refractivity contribution in [2.45, 2.75) is 45.6 Å². The number of nitrogens with zero attached hydrogens (tertiary/aromatic N) is 2. The zero-order valence-electron chi connectivity index (χ0n) is 14.4. The Hall–Kier alpha value is -2.05. The van der Waals surface area contributed by atoms with Crippen LogP contribution in [0.4, 0.5) is 0 Å². The Morgan fingerprint density at radius 2 is 2.00 bits per heavy atom. The lowest BCUT2D eigenvalue weighted by Gasteiger charge is -2.13. The summed E-state index contributed by atoms with van der Waals surface area (Å²) < 4.78 is 5.72. The molecule has 1 aromatic rings. The first-order chi connectivity index (χ1) is 10.9. The minimum Gasteiger partial charge on any atom is -0.443 e. The van der Waals surface area contributed by atoms with Gasteiger partial charge in [0.25, 0.3) is 0 Å². The highest BCUT2D eigenvalue weighted by atomic mass is 16.4. The largest absolute Gasteiger partial charge is 0.443 e. The third-order valence-corrected chi connectivity index (χ3v) is 3.59. The maximum Gasteiger partial charge on any atom is 0.223 e. The van der Waals surface area contributed by atoms with Gasteiger partial charge in [-0.2, -0.15) is 0 Å².